The summed E-state index contributed by atoms with van der Waals surface area (Å²) in [6, 6.07) is -4.00. The minimum absolute atomic E-state index is 0.0607. The van der Waals surface area contributed by atoms with E-state index in [0.717, 1.165) is 0 Å². The van der Waals surface area contributed by atoms with Crippen LogP contribution in [-0.2, 0) is 19.2 Å². The summed E-state index contributed by atoms with van der Waals surface area (Å²) < 4.78 is 0. The molecule has 12 nitrogen and oxygen atoms in total. The first-order valence-corrected chi connectivity index (χ1v) is 12.0. The van der Waals surface area contributed by atoms with Crippen LogP contribution < -0.4 is 33.2 Å². The Labute approximate surface area is 206 Å². The summed E-state index contributed by atoms with van der Waals surface area (Å²) in [5.41, 5.74) is 16.6. The quantitative estimate of drug-likeness (QED) is 0.0560. The Hall–Kier alpha value is -2.54. The van der Waals surface area contributed by atoms with E-state index in [2.05, 4.69) is 33.6 Å². The Bertz CT molecular complexity index is 716. The van der Waals surface area contributed by atoms with Gasteiger partial charge < -0.3 is 38.3 Å². The van der Waals surface area contributed by atoms with Gasteiger partial charge in [0.05, 0.1) is 6.04 Å². The van der Waals surface area contributed by atoms with Gasteiger partial charge in [-0.15, -0.1) is 0 Å². The lowest BCUT2D eigenvalue weighted by atomic mass is 9.97. The fraction of sp³-hybridized carbons (Fsp3) is 0.762. The SMILES string of the molecule is CCC(C)C(N)C(=O)NC(CC(C)C)C(=O)NC(CCCN=C(N)N)C(=O)NC(CS)C(=O)O. The predicted octanol–water partition coefficient (Wildman–Crippen LogP) is -1.07. The van der Waals surface area contributed by atoms with Gasteiger partial charge in [-0.3, -0.25) is 19.4 Å². The average Bonchev–Trinajstić information content (AvgIpc) is 2.76. The normalized spacial score (nSPS) is 15.4. The van der Waals surface area contributed by atoms with Crippen molar-refractivity contribution >= 4 is 42.3 Å². The number of nitrogens with one attached hydrogen (secondary N) is 3. The second-order valence-electron chi connectivity index (χ2n) is 8.69. The van der Waals surface area contributed by atoms with Crippen molar-refractivity contribution in [3.05, 3.63) is 0 Å². The number of carbonyl (C=O) groups is 4. The molecule has 0 aliphatic rings. The molecule has 0 spiro atoms. The van der Waals surface area contributed by atoms with E-state index in [1.807, 2.05) is 27.7 Å². The summed E-state index contributed by atoms with van der Waals surface area (Å²) >= 11 is 3.94. The van der Waals surface area contributed by atoms with Crippen LogP contribution in [0.5, 0.6) is 0 Å². The lowest BCUT2D eigenvalue weighted by Crippen LogP contribution is -2.58. The van der Waals surface area contributed by atoms with Gasteiger partial charge >= 0.3 is 5.97 Å². The summed E-state index contributed by atoms with van der Waals surface area (Å²) in [6.45, 7) is 7.76. The first-order chi connectivity index (χ1) is 15.8. The highest BCUT2D eigenvalue weighted by molar-refractivity contribution is 7.80. The number of aliphatic imine (C=N–C) groups is 1. The van der Waals surface area contributed by atoms with Crippen LogP contribution in [0.3, 0.4) is 0 Å². The summed E-state index contributed by atoms with van der Waals surface area (Å²) in [5, 5.41) is 16.9. The van der Waals surface area contributed by atoms with Gasteiger partial charge in [-0.05, 0) is 31.1 Å². The monoisotopic (exact) mass is 503 g/mol. The molecular weight excluding hydrogens is 462 g/mol. The number of nitrogens with two attached hydrogens (primary N) is 3. The second kappa shape index (κ2) is 16.1. The Morgan fingerprint density at radius 2 is 1.47 bits per heavy atom. The molecule has 0 aliphatic carbocycles. The van der Waals surface area contributed by atoms with Crippen molar-refractivity contribution in [3.8, 4) is 0 Å². The van der Waals surface area contributed by atoms with Crippen LogP contribution in [0.25, 0.3) is 0 Å². The van der Waals surface area contributed by atoms with E-state index in [1.54, 1.807) is 0 Å². The van der Waals surface area contributed by atoms with Crippen LogP contribution in [0.1, 0.15) is 53.4 Å². The number of thiol groups is 1. The van der Waals surface area contributed by atoms with Crippen molar-refractivity contribution in [1.29, 1.82) is 0 Å². The van der Waals surface area contributed by atoms with Crippen LogP contribution in [-0.4, -0.2) is 71.2 Å². The third kappa shape index (κ3) is 12.1. The van der Waals surface area contributed by atoms with Crippen LogP contribution in [0, 0.1) is 11.8 Å². The molecule has 0 heterocycles. The Kier molecular flexibility index (Phi) is 14.9. The standard InChI is InChI=1S/C21H41N7O5S/c1-5-12(4)16(22)19(31)27-14(9-11(2)3)18(30)26-13(7-6-8-25-21(23)24)17(29)28-15(10-34)20(32)33/h11-16,34H,5-10,22H2,1-4H3,(H,26,30)(H,27,31)(H,28,29)(H,32,33)(H4,23,24,25). The van der Waals surface area contributed by atoms with Crippen LogP contribution in [0.4, 0.5) is 0 Å². The fourth-order valence-electron chi connectivity index (χ4n) is 2.99. The molecule has 34 heavy (non-hydrogen) atoms. The number of guanidine groups is 1. The van der Waals surface area contributed by atoms with Gasteiger partial charge in [0.2, 0.25) is 17.7 Å². The van der Waals surface area contributed by atoms with Gasteiger partial charge in [0.1, 0.15) is 18.1 Å². The largest absolute Gasteiger partial charge is 0.480 e. The molecule has 10 N–H and O–H groups in total. The minimum atomic E-state index is -1.25. The summed E-state index contributed by atoms with van der Waals surface area (Å²) in [7, 11) is 0. The van der Waals surface area contributed by atoms with E-state index in [4.69, 9.17) is 17.2 Å². The van der Waals surface area contributed by atoms with Crippen molar-refractivity contribution in [2.45, 2.75) is 77.5 Å². The number of aliphatic carboxylic acids is 1. The van der Waals surface area contributed by atoms with Crippen LogP contribution >= 0.6 is 12.6 Å². The maximum absolute atomic E-state index is 13.1. The molecule has 3 amide bonds. The molecule has 0 saturated carbocycles. The Balaban J connectivity index is 5.56. The molecule has 0 rings (SSSR count). The van der Waals surface area contributed by atoms with Gasteiger partial charge in [0.25, 0.3) is 0 Å². The molecule has 5 unspecified atom stereocenters. The maximum atomic E-state index is 13.1. The summed E-state index contributed by atoms with van der Waals surface area (Å²) in [5.74, 6) is -3.22. The molecule has 196 valence electrons. The lowest BCUT2D eigenvalue weighted by molar-refractivity contribution is -0.141. The van der Waals surface area contributed by atoms with Crippen molar-refractivity contribution in [3.63, 3.8) is 0 Å². The van der Waals surface area contributed by atoms with Crippen molar-refractivity contribution in [2.24, 2.45) is 34.0 Å². The van der Waals surface area contributed by atoms with E-state index in [1.165, 1.54) is 0 Å². The van der Waals surface area contributed by atoms with Gasteiger partial charge in [0.15, 0.2) is 5.96 Å². The zero-order valence-electron chi connectivity index (χ0n) is 20.4. The van der Waals surface area contributed by atoms with E-state index >= 15 is 0 Å². The van der Waals surface area contributed by atoms with E-state index in [0.29, 0.717) is 19.3 Å². The Morgan fingerprint density at radius 3 is 1.94 bits per heavy atom. The van der Waals surface area contributed by atoms with E-state index < -0.39 is 47.9 Å². The minimum Gasteiger partial charge on any atom is -0.480 e. The number of carbonyl (C=O) groups excluding carboxylic acids is 3. The molecule has 13 heteroatoms. The number of hydrogen-bond acceptors (Lipinski definition) is 7. The third-order valence-corrected chi connectivity index (χ3v) is 5.64. The highest BCUT2D eigenvalue weighted by Crippen LogP contribution is 2.10. The number of nitrogens with zero attached hydrogens (tertiary/aromatic N) is 1. The summed E-state index contributed by atoms with van der Waals surface area (Å²) in [6.07, 6.45) is 1.50. The molecule has 0 aromatic rings. The molecule has 0 saturated heterocycles. The fourth-order valence-corrected chi connectivity index (χ4v) is 3.23. The molecule has 0 aliphatic heterocycles. The highest BCUT2D eigenvalue weighted by Gasteiger charge is 2.31. The first-order valence-electron chi connectivity index (χ1n) is 11.4. The number of amides is 3. The van der Waals surface area contributed by atoms with Crippen LogP contribution in [0.2, 0.25) is 0 Å². The Morgan fingerprint density at radius 1 is 0.941 bits per heavy atom. The topological polar surface area (TPSA) is 215 Å². The number of carboxylic acid groups (broad SMARTS) is 1. The van der Waals surface area contributed by atoms with E-state index in [-0.39, 0.29) is 36.5 Å². The smallest absolute Gasteiger partial charge is 0.327 e. The highest BCUT2D eigenvalue weighted by atomic mass is 32.1. The van der Waals surface area contributed by atoms with Gasteiger partial charge in [0, 0.05) is 12.3 Å². The van der Waals surface area contributed by atoms with Crippen molar-refractivity contribution in [2.75, 3.05) is 12.3 Å². The first kappa shape index (κ1) is 31.5. The zero-order chi connectivity index (χ0) is 26.4. The molecule has 0 fully saturated rings. The molecule has 0 bridgehead atoms. The molecule has 5 atom stereocenters. The van der Waals surface area contributed by atoms with Crippen molar-refractivity contribution < 1.29 is 24.3 Å². The lowest BCUT2D eigenvalue weighted by Gasteiger charge is -2.26. The molecule has 0 radical (unpaired) electrons. The average molecular weight is 504 g/mol. The van der Waals surface area contributed by atoms with Crippen molar-refractivity contribution in [1.82, 2.24) is 16.0 Å². The predicted molar refractivity (Wildman–Crippen MR) is 134 cm³/mol. The number of rotatable bonds is 16. The number of carboxylic acids is 1. The molecule has 0 aromatic heterocycles. The maximum Gasteiger partial charge on any atom is 0.327 e. The van der Waals surface area contributed by atoms with E-state index in [9.17, 15) is 24.3 Å². The second-order valence-corrected chi connectivity index (χ2v) is 9.06. The third-order valence-electron chi connectivity index (χ3n) is 5.28. The zero-order valence-corrected chi connectivity index (χ0v) is 21.3. The molecule has 0 aromatic carbocycles. The summed E-state index contributed by atoms with van der Waals surface area (Å²) in [4.78, 5) is 53.6. The molecular formula is C21H41N7O5S. The van der Waals surface area contributed by atoms with Crippen LogP contribution in [0.15, 0.2) is 4.99 Å². The van der Waals surface area contributed by atoms with Gasteiger partial charge in [-0.2, -0.15) is 12.6 Å². The number of hydrogen-bond donors (Lipinski definition) is 8. The van der Waals surface area contributed by atoms with Gasteiger partial charge in [-0.25, -0.2) is 4.79 Å². The van der Waals surface area contributed by atoms with Gasteiger partial charge in [-0.1, -0.05) is 34.1 Å².